The van der Waals surface area contributed by atoms with Crippen molar-refractivity contribution in [1.82, 2.24) is 0 Å². The molecule has 0 unspecified atom stereocenters. The number of nitrogens with zero attached hydrogens (tertiary/aromatic N) is 1. The number of allylic oxidation sites excluding steroid dienone is 6. The lowest BCUT2D eigenvalue weighted by Gasteiger charge is -1.91. The minimum Gasteiger partial charge on any atom is -0.257 e. The zero-order valence-corrected chi connectivity index (χ0v) is 9.45. The molecule has 15 heavy (non-hydrogen) atoms. The van der Waals surface area contributed by atoms with E-state index in [2.05, 4.69) is 43.0 Å². The molecule has 0 atom stereocenters. The van der Waals surface area contributed by atoms with Gasteiger partial charge >= 0.3 is 0 Å². The van der Waals surface area contributed by atoms with E-state index in [9.17, 15) is 0 Å². The van der Waals surface area contributed by atoms with Crippen LogP contribution in [-0.2, 0) is 0 Å². The van der Waals surface area contributed by atoms with Gasteiger partial charge in [0.15, 0.2) is 0 Å². The van der Waals surface area contributed by atoms with Gasteiger partial charge in [-0.15, -0.1) is 0 Å². The van der Waals surface area contributed by atoms with E-state index in [-0.39, 0.29) is 0 Å². The van der Waals surface area contributed by atoms with E-state index in [4.69, 9.17) is 0 Å². The molecule has 0 rings (SSSR count). The summed E-state index contributed by atoms with van der Waals surface area (Å²) in [6.45, 7) is 13.1. The van der Waals surface area contributed by atoms with Gasteiger partial charge < -0.3 is 0 Å². The highest BCUT2D eigenvalue weighted by Gasteiger charge is 1.82. The van der Waals surface area contributed by atoms with E-state index in [0.29, 0.717) is 0 Å². The molecule has 0 aromatic heterocycles. The molecule has 0 aliphatic heterocycles. The molecule has 0 fully saturated rings. The molecule has 0 radical (unpaired) electrons. The quantitative estimate of drug-likeness (QED) is 0.253. The second-order valence-corrected chi connectivity index (χ2v) is 3.08. The Morgan fingerprint density at radius 3 is 2.47 bits per heavy atom. The van der Waals surface area contributed by atoms with Crippen LogP contribution in [0.15, 0.2) is 66.4 Å². The molecule has 1 heteroatoms. The number of aliphatic imine (C=N–C) groups is 1. The van der Waals surface area contributed by atoms with Crippen molar-refractivity contribution >= 4 is 6.21 Å². The lowest BCUT2D eigenvalue weighted by atomic mass is 10.2. The molecule has 0 aliphatic rings. The SMILES string of the molecule is C=CC(=C)C=NC(=C)/C=C/CC/C=C\C. The third-order valence-electron chi connectivity index (χ3n) is 1.70. The highest BCUT2D eigenvalue weighted by atomic mass is 14.7. The molecular weight excluding hydrogens is 182 g/mol. The zero-order valence-electron chi connectivity index (χ0n) is 9.45. The van der Waals surface area contributed by atoms with Gasteiger partial charge in [-0.25, -0.2) is 0 Å². The number of rotatable bonds is 7. The molecule has 1 nitrogen and oxygen atoms in total. The molecule has 0 spiro atoms. The molecule has 0 amide bonds. The number of hydrogen-bond donors (Lipinski definition) is 0. The van der Waals surface area contributed by atoms with Gasteiger partial charge in [0.05, 0.1) is 5.70 Å². The summed E-state index contributed by atoms with van der Waals surface area (Å²) in [5.74, 6) is 0. The smallest absolute Gasteiger partial charge is 0.0554 e. The van der Waals surface area contributed by atoms with E-state index in [0.717, 1.165) is 24.1 Å². The van der Waals surface area contributed by atoms with Crippen LogP contribution in [-0.4, -0.2) is 6.21 Å². The lowest BCUT2D eigenvalue weighted by Crippen LogP contribution is -1.77. The van der Waals surface area contributed by atoms with E-state index in [1.54, 1.807) is 12.3 Å². The van der Waals surface area contributed by atoms with Crippen LogP contribution in [0.4, 0.5) is 0 Å². The van der Waals surface area contributed by atoms with Crippen LogP contribution in [0.5, 0.6) is 0 Å². The van der Waals surface area contributed by atoms with E-state index < -0.39 is 0 Å². The van der Waals surface area contributed by atoms with Crippen LogP contribution < -0.4 is 0 Å². The molecule has 0 N–H and O–H groups in total. The van der Waals surface area contributed by atoms with Gasteiger partial charge in [-0.3, -0.25) is 4.99 Å². The lowest BCUT2D eigenvalue weighted by molar-refractivity contribution is 1.05. The topological polar surface area (TPSA) is 12.4 Å². The van der Waals surface area contributed by atoms with E-state index in [1.165, 1.54) is 0 Å². The van der Waals surface area contributed by atoms with Gasteiger partial charge in [-0.05, 0) is 31.4 Å². The first-order valence-corrected chi connectivity index (χ1v) is 5.02. The predicted molar refractivity (Wildman–Crippen MR) is 70.2 cm³/mol. The molecule has 0 aromatic carbocycles. The predicted octanol–water partition coefficient (Wildman–Crippen LogP) is 4.23. The Hall–Kier alpha value is -1.63. The summed E-state index contributed by atoms with van der Waals surface area (Å²) in [4.78, 5) is 4.12. The van der Waals surface area contributed by atoms with Crippen LogP contribution in [0.2, 0.25) is 0 Å². The Labute approximate surface area is 92.9 Å². The van der Waals surface area contributed by atoms with Crippen LogP contribution in [0, 0.1) is 0 Å². The average molecular weight is 201 g/mol. The van der Waals surface area contributed by atoms with Gasteiger partial charge in [-0.1, -0.05) is 44.0 Å². The Morgan fingerprint density at radius 2 is 1.87 bits per heavy atom. The second-order valence-electron chi connectivity index (χ2n) is 3.08. The first-order chi connectivity index (χ1) is 7.20. The highest BCUT2D eigenvalue weighted by molar-refractivity contribution is 5.81. The molecule has 0 saturated heterocycles. The Bertz CT molecular complexity index is 303. The molecular formula is C14H19N. The summed E-state index contributed by atoms with van der Waals surface area (Å²) in [6, 6.07) is 0. The maximum atomic E-state index is 4.12. The third kappa shape index (κ3) is 8.69. The molecule has 0 aromatic rings. The summed E-state index contributed by atoms with van der Waals surface area (Å²) in [6.07, 6.45) is 13.6. The van der Waals surface area contributed by atoms with Crippen molar-refractivity contribution in [3.63, 3.8) is 0 Å². The molecule has 0 saturated carbocycles. The summed E-state index contributed by atoms with van der Waals surface area (Å²) < 4.78 is 0. The Kier molecular flexibility index (Phi) is 7.97. The minimum atomic E-state index is 0.735. The van der Waals surface area contributed by atoms with Gasteiger partial charge in [0.2, 0.25) is 0 Å². The fraction of sp³-hybridized carbons (Fsp3) is 0.214. The second kappa shape index (κ2) is 8.95. The minimum absolute atomic E-state index is 0.735. The first kappa shape index (κ1) is 13.4. The Balaban J connectivity index is 3.87. The molecule has 0 bridgehead atoms. The van der Waals surface area contributed by atoms with Crippen molar-refractivity contribution in [3.05, 3.63) is 61.4 Å². The van der Waals surface area contributed by atoms with Crippen molar-refractivity contribution in [1.29, 1.82) is 0 Å². The van der Waals surface area contributed by atoms with Crippen LogP contribution in [0.1, 0.15) is 19.8 Å². The first-order valence-electron chi connectivity index (χ1n) is 5.02. The van der Waals surface area contributed by atoms with Crippen molar-refractivity contribution in [3.8, 4) is 0 Å². The van der Waals surface area contributed by atoms with Gasteiger partial charge in [0, 0.05) is 6.21 Å². The maximum Gasteiger partial charge on any atom is 0.0554 e. The van der Waals surface area contributed by atoms with Gasteiger partial charge in [0.25, 0.3) is 0 Å². The normalized spacial score (nSPS) is 11.5. The van der Waals surface area contributed by atoms with Crippen molar-refractivity contribution in [2.75, 3.05) is 0 Å². The fourth-order valence-electron chi connectivity index (χ4n) is 0.840. The van der Waals surface area contributed by atoms with Crippen molar-refractivity contribution < 1.29 is 0 Å². The fourth-order valence-corrected chi connectivity index (χ4v) is 0.840. The number of hydrogen-bond acceptors (Lipinski definition) is 1. The summed E-state index contributed by atoms with van der Waals surface area (Å²) in [7, 11) is 0. The Morgan fingerprint density at radius 1 is 1.20 bits per heavy atom. The largest absolute Gasteiger partial charge is 0.257 e. The van der Waals surface area contributed by atoms with Crippen LogP contribution >= 0.6 is 0 Å². The molecule has 80 valence electrons. The third-order valence-corrected chi connectivity index (χ3v) is 1.70. The summed E-state index contributed by atoms with van der Waals surface area (Å²) >= 11 is 0. The molecule has 0 aliphatic carbocycles. The number of unbranched alkanes of at least 4 members (excludes halogenated alkanes) is 1. The van der Waals surface area contributed by atoms with E-state index in [1.807, 2.05) is 13.0 Å². The highest BCUT2D eigenvalue weighted by Crippen LogP contribution is 1.99. The van der Waals surface area contributed by atoms with Crippen LogP contribution in [0.25, 0.3) is 0 Å². The van der Waals surface area contributed by atoms with E-state index >= 15 is 0 Å². The van der Waals surface area contributed by atoms with Crippen molar-refractivity contribution in [2.24, 2.45) is 4.99 Å². The molecule has 0 heterocycles. The van der Waals surface area contributed by atoms with Gasteiger partial charge in [-0.2, -0.15) is 0 Å². The summed E-state index contributed by atoms with van der Waals surface area (Å²) in [5.41, 5.74) is 1.52. The van der Waals surface area contributed by atoms with Gasteiger partial charge in [0.1, 0.15) is 0 Å². The monoisotopic (exact) mass is 201 g/mol. The summed E-state index contributed by atoms with van der Waals surface area (Å²) in [5, 5.41) is 0. The average Bonchev–Trinajstić information content (AvgIpc) is 2.25. The van der Waals surface area contributed by atoms with Crippen LogP contribution in [0.3, 0.4) is 0 Å². The zero-order chi connectivity index (χ0) is 11.5. The standard InChI is InChI=1S/C14H19N/c1-5-7-8-9-10-11-14(4)15-12-13(3)6-2/h5-7,10-12H,2-4,8-9H2,1H3/b7-5-,11-10+,15-12?. The van der Waals surface area contributed by atoms with Crippen molar-refractivity contribution in [2.45, 2.75) is 19.8 Å². The maximum absolute atomic E-state index is 4.12.